The fourth-order valence-corrected chi connectivity index (χ4v) is 5.90. The smallest absolute Gasteiger partial charge is 0.239 e. The van der Waals surface area contributed by atoms with Crippen molar-refractivity contribution in [1.82, 2.24) is 31.3 Å². The maximum absolute atomic E-state index is 12.8. The van der Waals surface area contributed by atoms with Gasteiger partial charge in [0.15, 0.2) is 0 Å². The number of rotatable bonds is 7. The van der Waals surface area contributed by atoms with Crippen molar-refractivity contribution in [2.24, 2.45) is 11.1 Å². The van der Waals surface area contributed by atoms with Gasteiger partial charge in [0.05, 0.1) is 10.5 Å². The molecule has 0 saturated carbocycles. The van der Waals surface area contributed by atoms with E-state index in [4.69, 9.17) is 5.14 Å². The number of aryl methyl sites for hydroxylation is 1. The molecule has 0 aliphatic carbocycles. The Hall–Kier alpha value is -2.66. The number of H-pyrrole nitrogens is 1. The Balaban J connectivity index is 1.58. The van der Waals surface area contributed by atoms with Crippen molar-refractivity contribution in [3.8, 4) is 22.5 Å². The minimum atomic E-state index is -4.03. The monoisotopic (exact) mass is 467 g/mol. The molecule has 2 aliphatic rings. The normalized spacial score (nSPS) is 17.7. The van der Waals surface area contributed by atoms with Crippen LogP contribution in [0.25, 0.3) is 22.5 Å². The summed E-state index contributed by atoms with van der Waals surface area (Å²) in [5, 5.41) is 26.8. The van der Waals surface area contributed by atoms with E-state index >= 15 is 0 Å². The van der Waals surface area contributed by atoms with Gasteiger partial charge in [0.1, 0.15) is 0 Å². The van der Waals surface area contributed by atoms with Crippen LogP contribution in [0.5, 0.6) is 0 Å². The summed E-state index contributed by atoms with van der Waals surface area (Å²) in [5.74, 6) is 1.32. The van der Waals surface area contributed by atoms with Gasteiger partial charge in [0.2, 0.25) is 15.8 Å². The second-order valence-corrected chi connectivity index (χ2v) is 10.5. The lowest BCUT2D eigenvalue weighted by Gasteiger charge is -2.27. The Kier molecular flexibility index (Phi) is 6.24. The first kappa shape index (κ1) is 22.1. The van der Waals surface area contributed by atoms with E-state index in [1.54, 1.807) is 0 Å². The van der Waals surface area contributed by atoms with Gasteiger partial charge in [0.25, 0.3) is 0 Å². The van der Waals surface area contributed by atoms with Gasteiger partial charge in [-0.25, -0.2) is 13.6 Å². The number of aromatic nitrogens is 4. The summed E-state index contributed by atoms with van der Waals surface area (Å²) in [5.41, 5.74) is 4.03. The molecule has 2 aliphatic heterocycles. The van der Waals surface area contributed by atoms with E-state index in [0.717, 1.165) is 56.6 Å². The van der Waals surface area contributed by atoms with E-state index in [2.05, 4.69) is 43.4 Å². The van der Waals surface area contributed by atoms with Crippen molar-refractivity contribution in [3.63, 3.8) is 0 Å². The molecule has 3 heterocycles. The minimum absolute atomic E-state index is 0.0936. The predicted octanol–water partition coefficient (Wildman–Crippen LogP) is 1.80. The van der Waals surface area contributed by atoms with E-state index in [-0.39, 0.29) is 10.7 Å². The summed E-state index contributed by atoms with van der Waals surface area (Å²) in [6.07, 6.45) is 3.76. The van der Waals surface area contributed by atoms with Gasteiger partial charge < -0.3 is 10.6 Å². The lowest BCUT2D eigenvalue weighted by molar-refractivity contribution is 0.327. The van der Waals surface area contributed by atoms with Crippen LogP contribution < -0.4 is 15.8 Å². The summed E-state index contributed by atoms with van der Waals surface area (Å²) < 4.78 is 25.6. The predicted molar refractivity (Wildman–Crippen MR) is 126 cm³/mol. The average molecular weight is 468 g/mol. The number of hydrogen-bond acceptors (Lipinski definition) is 7. The topological polar surface area (TPSA) is 139 Å². The summed E-state index contributed by atoms with van der Waals surface area (Å²) >= 11 is 0. The highest BCUT2D eigenvalue weighted by atomic mass is 32.2. The molecule has 2 aromatic carbocycles. The first-order valence-corrected chi connectivity index (χ1v) is 13.0. The highest BCUT2D eigenvalue weighted by molar-refractivity contribution is 7.89. The zero-order valence-corrected chi connectivity index (χ0v) is 19.2. The number of sulfonamides is 1. The molecule has 10 heteroatoms. The third-order valence-electron chi connectivity index (χ3n) is 6.81. The molecule has 0 unspecified atom stereocenters. The molecule has 2 saturated heterocycles. The van der Waals surface area contributed by atoms with Crippen molar-refractivity contribution < 1.29 is 8.42 Å². The van der Waals surface area contributed by atoms with Crippen LogP contribution in [0.3, 0.4) is 0 Å². The maximum Gasteiger partial charge on any atom is 0.239 e. The zero-order valence-electron chi connectivity index (χ0n) is 18.4. The second-order valence-electron chi connectivity index (χ2n) is 8.97. The number of nitrogens with two attached hydrogens (primary N) is 1. The van der Waals surface area contributed by atoms with Gasteiger partial charge in [-0.05, 0) is 91.2 Å². The van der Waals surface area contributed by atoms with Gasteiger partial charge in [-0.3, -0.25) is 0 Å². The number of piperidine rings is 1. The Morgan fingerprint density at radius 1 is 1.00 bits per heavy atom. The Morgan fingerprint density at radius 3 is 2.36 bits per heavy atom. The van der Waals surface area contributed by atoms with Gasteiger partial charge in [-0.15, -0.1) is 10.2 Å². The van der Waals surface area contributed by atoms with Crippen LogP contribution in [-0.4, -0.2) is 55.2 Å². The van der Waals surface area contributed by atoms with Crippen molar-refractivity contribution in [3.05, 3.63) is 47.5 Å². The molecule has 0 atom stereocenters. The van der Waals surface area contributed by atoms with Crippen molar-refractivity contribution in [2.45, 2.75) is 36.5 Å². The van der Waals surface area contributed by atoms with E-state index in [1.807, 2.05) is 24.3 Å². The standard InChI is InChI=1S/C23H29N7O2S/c24-33(31,32)22-19(2-1-15-13-26-14-15)7-8-20(21(22)23-27-29-30-28-23)18-5-3-16(4-6-18)17-9-11-25-12-10-17/h3-8,15,17,25-26H,1-2,9-14H2,(H2,24,31,32)(H,27,28,29,30). The quantitative estimate of drug-likeness (QED) is 0.415. The molecule has 0 spiro atoms. The Morgan fingerprint density at radius 2 is 1.76 bits per heavy atom. The van der Waals surface area contributed by atoms with Crippen LogP contribution in [0.2, 0.25) is 0 Å². The molecule has 0 radical (unpaired) electrons. The summed E-state index contributed by atoms with van der Waals surface area (Å²) in [7, 11) is -4.03. The molecule has 1 aromatic heterocycles. The number of nitrogens with one attached hydrogen (secondary N) is 3. The molecular formula is C23H29N7O2S. The Bertz CT molecular complexity index is 1200. The molecule has 5 rings (SSSR count). The second kappa shape index (κ2) is 9.30. The highest BCUT2D eigenvalue weighted by Gasteiger charge is 2.27. The van der Waals surface area contributed by atoms with Crippen LogP contribution in [0.15, 0.2) is 41.3 Å². The number of hydrogen-bond donors (Lipinski definition) is 4. The minimum Gasteiger partial charge on any atom is -0.317 e. The fourth-order valence-electron chi connectivity index (χ4n) is 4.88. The number of primary sulfonamides is 1. The molecule has 0 bridgehead atoms. The fraction of sp³-hybridized carbons (Fsp3) is 0.435. The van der Waals surface area contributed by atoms with E-state index in [1.165, 1.54) is 5.56 Å². The molecule has 5 N–H and O–H groups in total. The van der Waals surface area contributed by atoms with E-state index in [9.17, 15) is 8.42 Å². The van der Waals surface area contributed by atoms with Crippen molar-refractivity contribution in [1.29, 1.82) is 0 Å². The zero-order chi connectivity index (χ0) is 22.8. The molecule has 0 amide bonds. The van der Waals surface area contributed by atoms with Crippen LogP contribution in [-0.2, 0) is 16.4 Å². The van der Waals surface area contributed by atoms with E-state index < -0.39 is 10.0 Å². The van der Waals surface area contributed by atoms with E-state index in [0.29, 0.717) is 29.4 Å². The number of nitrogens with zero attached hydrogens (tertiary/aromatic N) is 3. The number of tetrazole rings is 1. The highest BCUT2D eigenvalue weighted by Crippen LogP contribution is 2.38. The SMILES string of the molecule is NS(=O)(=O)c1c(CCC2CNC2)ccc(-c2ccc(C3CCNCC3)cc2)c1-c1nn[nH]n1. The van der Waals surface area contributed by atoms with Crippen LogP contribution in [0.1, 0.15) is 36.3 Å². The van der Waals surface area contributed by atoms with Crippen molar-refractivity contribution >= 4 is 10.0 Å². The Labute approximate surface area is 193 Å². The third kappa shape index (κ3) is 4.70. The van der Waals surface area contributed by atoms with Gasteiger partial charge >= 0.3 is 0 Å². The van der Waals surface area contributed by atoms with Crippen molar-refractivity contribution in [2.75, 3.05) is 26.2 Å². The molecular weight excluding hydrogens is 438 g/mol. The first-order chi connectivity index (χ1) is 16.0. The largest absolute Gasteiger partial charge is 0.317 e. The molecule has 174 valence electrons. The molecule has 2 fully saturated rings. The third-order valence-corrected chi connectivity index (χ3v) is 7.85. The first-order valence-electron chi connectivity index (χ1n) is 11.4. The van der Waals surface area contributed by atoms with Crippen LogP contribution in [0.4, 0.5) is 0 Å². The molecule has 3 aromatic rings. The van der Waals surface area contributed by atoms with Crippen LogP contribution >= 0.6 is 0 Å². The number of benzene rings is 2. The van der Waals surface area contributed by atoms with Gasteiger partial charge in [-0.1, -0.05) is 36.4 Å². The lowest BCUT2D eigenvalue weighted by Crippen LogP contribution is -2.42. The van der Waals surface area contributed by atoms with Gasteiger partial charge in [-0.2, -0.15) is 5.21 Å². The maximum atomic E-state index is 12.8. The summed E-state index contributed by atoms with van der Waals surface area (Å²) in [4.78, 5) is 0.0936. The lowest BCUT2D eigenvalue weighted by atomic mass is 9.88. The summed E-state index contributed by atoms with van der Waals surface area (Å²) in [6.45, 7) is 3.99. The average Bonchev–Trinajstić information content (AvgIpc) is 3.32. The number of aromatic amines is 1. The molecule has 9 nitrogen and oxygen atoms in total. The van der Waals surface area contributed by atoms with Crippen LogP contribution in [0, 0.1) is 5.92 Å². The van der Waals surface area contributed by atoms with Gasteiger partial charge in [0, 0.05) is 0 Å². The molecule has 33 heavy (non-hydrogen) atoms. The summed E-state index contributed by atoms with van der Waals surface area (Å²) in [6, 6.07) is 12.2.